The summed E-state index contributed by atoms with van der Waals surface area (Å²) in [6, 6.07) is 25.8. The number of anilines is 1. The quantitative estimate of drug-likeness (QED) is 0.364. The van der Waals surface area contributed by atoms with Crippen molar-refractivity contribution in [3.05, 3.63) is 107 Å². The number of rotatable bonds is 9. The van der Waals surface area contributed by atoms with E-state index in [1.807, 2.05) is 24.3 Å². The number of ether oxygens (including phenoxy) is 1. The summed E-state index contributed by atoms with van der Waals surface area (Å²) in [7, 11) is 0. The first-order valence-electron chi connectivity index (χ1n) is 12.5. The van der Waals surface area contributed by atoms with Crippen LogP contribution in [0.3, 0.4) is 0 Å². The van der Waals surface area contributed by atoms with Crippen molar-refractivity contribution in [1.29, 1.82) is 0 Å². The molecule has 1 aliphatic rings. The topological polar surface area (TPSA) is 83.7 Å². The smallest absolute Gasteiger partial charge is 0.259 e. The van der Waals surface area contributed by atoms with Crippen molar-refractivity contribution in [3.63, 3.8) is 0 Å². The highest BCUT2D eigenvalue weighted by atomic mass is 16.5. The number of aromatic nitrogens is 2. The number of amides is 1. The fourth-order valence-electron chi connectivity index (χ4n) is 4.42. The van der Waals surface area contributed by atoms with E-state index in [9.17, 15) is 4.79 Å². The molecular formula is C29H31N5O3. The second-order valence-electron chi connectivity index (χ2n) is 9.20. The van der Waals surface area contributed by atoms with E-state index in [1.54, 1.807) is 19.1 Å². The third kappa shape index (κ3) is 6.81. The van der Waals surface area contributed by atoms with Gasteiger partial charge in [0.1, 0.15) is 5.75 Å². The van der Waals surface area contributed by atoms with Crippen LogP contribution in [0.2, 0.25) is 0 Å². The van der Waals surface area contributed by atoms with Gasteiger partial charge in [0.15, 0.2) is 6.61 Å². The van der Waals surface area contributed by atoms with Gasteiger partial charge >= 0.3 is 0 Å². The van der Waals surface area contributed by atoms with Crippen LogP contribution in [0.5, 0.6) is 5.75 Å². The van der Waals surface area contributed by atoms with Crippen LogP contribution in [0.25, 0.3) is 0 Å². The maximum atomic E-state index is 13.0. The number of carbonyl (C=O) groups is 1. The van der Waals surface area contributed by atoms with Crippen molar-refractivity contribution in [3.8, 4) is 5.75 Å². The van der Waals surface area contributed by atoms with Crippen LogP contribution in [0.15, 0.2) is 83.4 Å². The minimum Gasteiger partial charge on any atom is -0.485 e. The summed E-state index contributed by atoms with van der Waals surface area (Å²) in [4.78, 5) is 22.1. The summed E-state index contributed by atoms with van der Waals surface area (Å²) >= 11 is 0. The molecule has 1 saturated heterocycles. The Morgan fingerprint density at radius 2 is 1.49 bits per heavy atom. The summed E-state index contributed by atoms with van der Waals surface area (Å²) in [5, 5.41) is 6.80. The third-order valence-corrected chi connectivity index (χ3v) is 6.39. The molecule has 4 aromatic rings. The molecule has 0 atom stereocenters. The molecule has 0 bridgehead atoms. The SMILES string of the molecule is Cc1nc(COc2ccccc2C(=O)Nc2ccc(CN3CCN(Cc4ccccc4)CC3)cc2)no1. The maximum absolute atomic E-state index is 13.0. The molecule has 1 aliphatic heterocycles. The Hall–Kier alpha value is -4.01. The monoisotopic (exact) mass is 497 g/mol. The molecule has 37 heavy (non-hydrogen) atoms. The Balaban J connectivity index is 1.11. The summed E-state index contributed by atoms with van der Waals surface area (Å²) in [6.07, 6.45) is 0. The van der Waals surface area contributed by atoms with Crippen LogP contribution in [0, 0.1) is 6.92 Å². The van der Waals surface area contributed by atoms with Gasteiger partial charge in [0.05, 0.1) is 5.56 Å². The van der Waals surface area contributed by atoms with Gasteiger partial charge in [-0.25, -0.2) is 0 Å². The maximum Gasteiger partial charge on any atom is 0.259 e. The molecule has 2 heterocycles. The molecule has 1 N–H and O–H groups in total. The first kappa shape index (κ1) is 24.7. The van der Waals surface area contributed by atoms with Crippen LogP contribution in [0.1, 0.15) is 33.2 Å². The van der Waals surface area contributed by atoms with E-state index in [0.717, 1.165) is 45.0 Å². The molecule has 0 saturated carbocycles. The summed E-state index contributed by atoms with van der Waals surface area (Å²) in [6.45, 7) is 7.98. The first-order valence-corrected chi connectivity index (χ1v) is 12.5. The van der Waals surface area contributed by atoms with Gasteiger partial charge in [0, 0.05) is 51.9 Å². The number of hydrogen-bond donors (Lipinski definition) is 1. The number of piperazine rings is 1. The van der Waals surface area contributed by atoms with E-state index in [1.165, 1.54) is 11.1 Å². The van der Waals surface area contributed by atoms with Crippen LogP contribution >= 0.6 is 0 Å². The number of nitrogens with one attached hydrogen (secondary N) is 1. The van der Waals surface area contributed by atoms with Gasteiger partial charge in [0.2, 0.25) is 11.7 Å². The molecule has 8 nitrogen and oxygen atoms in total. The minimum atomic E-state index is -0.234. The zero-order chi connectivity index (χ0) is 25.5. The van der Waals surface area contributed by atoms with E-state index < -0.39 is 0 Å². The first-order chi connectivity index (χ1) is 18.1. The molecule has 0 spiro atoms. The van der Waals surface area contributed by atoms with Crippen molar-refractivity contribution in [2.75, 3.05) is 31.5 Å². The van der Waals surface area contributed by atoms with Gasteiger partial charge in [-0.1, -0.05) is 59.8 Å². The fraction of sp³-hybridized carbons (Fsp3) is 0.276. The second kappa shape index (κ2) is 11.8. The lowest BCUT2D eigenvalue weighted by atomic mass is 10.1. The number of hydrogen-bond acceptors (Lipinski definition) is 7. The molecule has 1 amide bonds. The zero-order valence-electron chi connectivity index (χ0n) is 21.0. The number of aryl methyl sites for hydroxylation is 1. The Labute approximate surface area is 216 Å². The Bertz CT molecular complexity index is 1300. The van der Waals surface area contributed by atoms with Crippen LogP contribution in [-0.2, 0) is 19.7 Å². The fourth-order valence-corrected chi connectivity index (χ4v) is 4.42. The summed E-state index contributed by atoms with van der Waals surface area (Å²) < 4.78 is 10.8. The van der Waals surface area contributed by atoms with Gasteiger partial charge in [-0.2, -0.15) is 4.98 Å². The molecular weight excluding hydrogens is 466 g/mol. The van der Waals surface area contributed by atoms with Gasteiger partial charge in [-0.3, -0.25) is 14.6 Å². The molecule has 1 fully saturated rings. The third-order valence-electron chi connectivity index (χ3n) is 6.39. The van der Waals surface area contributed by atoms with Crippen molar-refractivity contribution in [2.24, 2.45) is 0 Å². The van der Waals surface area contributed by atoms with Gasteiger partial charge in [-0.05, 0) is 35.4 Å². The second-order valence-corrected chi connectivity index (χ2v) is 9.20. The number of nitrogens with zero attached hydrogens (tertiary/aromatic N) is 4. The van der Waals surface area contributed by atoms with Crippen molar-refractivity contribution in [1.82, 2.24) is 19.9 Å². The minimum absolute atomic E-state index is 0.122. The van der Waals surface area contributed by atoms with Crippen LogP contribution in [-0.4, -0.2) is 52.0 Å². The standard InChI is InChI=1S/C29H31N5O3/c1-22-30-28(32-37-22)21-36-27-10-6-5-9-26(27)29(35)31-25-13-11-24(12-14-25)20-34-17-15-33(16-18-34)19-23-7-3-2-4-8-23/h2-14H,15-21H2,1H3,(H,31,35). The summed E-state index contributed by atoms with van der Waals surface area (Å²) in [5.74, 6) is 1.13. The Morgan fingerprint density at radius 3 is 2.14 bits per heavy atom. The van der Waals surface area contributed by atoms with Crippen LogP contribution in [0.4, 0.5) is 5.69 Å². The molecule has 0 radical (unpaired) electrons. The zero-order valence-corrected chi connectivity index (χ0v) is 21.0. The lowest BCUT2D eigenvalue weighted by Gasteiger charge is -2.34. The molecule has 1 aromatic heterocycles. The highest BCUT2D eigenvalue weighted by molar-refractivity contribution is 6.06. The van der Waals surface area contributed by atoms with E-state index in [-0.39, 0.29) is 12.5 Å². The van der Waals surface area contributed by atoms with Crippen LogP contribution < -0.4 is 10.1 Å². The Kier molecular flexibility index (Phi) is 7.88. The van der Waals surface area contributed by atoms with E-state index in [2.05, 4.69) is 67.7 Å². The molecule has 3 aromatic carbocycles. The van der Waals surface area contributed by atoms with E-state index in [0.29, 0.717) is 23.0 Å². The molecule has 8 heteroatoms. The predicted molar refractivity (Wildman–Crippen MR) is 141 cm³/mol. The van der Waals surface area contributed by atoms with E-state index >= 15 is 0 Å². The van der Waals surface area contributed by atoms with Gasteiger partial charge in [0.25, 0.3) is 5.91 Å². The van der Waals surface area contributed by atoms with E-state index in [4.69, 9.17) is 9.26 Å². The normalized spacial score (nSPS) is 14.4. The highest BCUT2D eigenvalue weighted by Crippen LogP contribution is 2.21. The number of para-hydroxylation sites is 1. The Morgan fingerprint density at radius 1 is 0.865 bits per heavy atom. The predicted octanol–water partition coefficient (Wildman–Crippen LogP) is 4.53. The molecule has 190 valence electrons. The number of benzene rings is 3. The van der Waals surface area contributed by atoms with Gasteiger partial charge in [-0.15, -0.1) is 0 Å². The average molecular weight is 498 g/mol. The van der Waals surface area contributed by atoms with Crippen molar-refractivity contribution in [2.45, 2.75) is 26.6 Å². The van der Waals surface area contributed by atoms with Gasteiger partial charge < -0.3 is 14.6 Å². The molecule has 0 unspecified atom stereocenters. The lowest BCUT2D eigenvalue weighted by molar-refractivity contribution is 0.102. The van der Waals surface area contributed by atoms with Crippen molar-refractivity contribution >= 4 is 11.6 Å². The average Bonchev–Trinajstić information content (AvgIpc) is 3.35. The lowest BCUT2D eigenvalue weighted by Crippen LogP contribution is -2.45. The largest absolute Gasteiger partial charge is 0.485 e. The highest BCUT2D eigenvalue weighted by Gasteiger charge is 2.18. The summed E-state index contributed by atoms with van der Waals surface area (Å²) in [5.41, 5.74) is 3.78. The number of carbonyl (C=O) groups excluding carboxylic acids is 1. The molecule has 5 rings (SSSR count). The molecule has 0 aliphatic carbocycles. The van der Waals surface area contributed by atoms with Crippen molar-refractivity contribution < 1.29 is 14.1 Å².